The van der Waals surface area contributed by atoms with E-state index in [0.717, 1.165) is 48.7 Å². The molecule has 2 fully saturated rings. The molecule has 0 bridgehead atoms. The second-order valence-electron chi connectivity index (χ2n) is 6.01. The second-order valence-corrected chi connectivity index (χ2v) is 6.41. The lowest BCUT2D eigenvalue weighted by Gasteiger charge is -2.29. The first-order valence-corrected chi connectivity index (χ1v) is 7.94. The summed E-state index contributed by atoms with van der Waals surface area (Å²) in [6, 6.07) is 6.03. The van der Waals surface area contributed by atoms with Gasteiger partial charge in [0, 0.05) is 35.8 Å². The minimum atomic E-state index is -0.160. The van der Waals surface area contributed by atoms with Gasteiger partial charge in [-0.3, -0.25) is 10.2 Å². The highest BCUT2D eigenvalue weighted by atomic mass is 35.5. The van der Waals surface area contributed by atoms with Crippen LogP contribution in [-0.4, -0.2) is 37.6 Å². The molecule has 21 heavy (non-hydrogen) atoms. The molecule has 3 atom stereocenters. The van der Waals surface area contributed by atoms with E-state index >= 15 is 0 Å². The molecule has 1 amide bonds. The molecule has 0 spiro atoms. The number of fused-ring (bicyclic) bond motifs is 2. The minimum absolute atomic E-state index is 0.153. The van der Waals surface area contributed by atoms with Crippen molar-refractivity contribution >= 4 is 23.2 Å². The number of benzene rings is 1. The van der Waals surface area contributed by atoms with Gasteiger partial charge in [-0.05, 0) is 37.1 Å². The zero-order valence-corrected chi connectivity index (χ0v) is 12.5. The predicted molar refractivity (Wildman–Crippen MR) is 82.3 cm³/mol. The molecule has 2 saturated heterocycles. The largest absolute Gasteiger partial charge is 0.316 e. The first kappa shape index (κ1) is 13.5. The summed E-state index contributed by atoms with van der Waals surface area (Å²) in [4.78, 5) is 14.8. The number of amides is 1. The van der Waals surface area contributed by atoms with E-state index in [9.17, 15) is 4.79 Å². The molecule has 0 saturated carbocycles. The fourth-order valence-corrected chi connectivity index (χ4v) is 4.01. The highest BCUT2D eigenvalue weighted by Gasteiger charge is 2.43. The molecule has 1 aromatic rings. The van der Waals surface area contributed by atoms with Crippen LogP contribution in [0.2, 0.25) is 5.02 Å². The van der Waals surface area contributed by atoms with Gasteiger partial charge in [0.15, 0.2) is 0 Å². The van der Waals surface area contributed by atoms with Gasteiger partial charge in [-0.2, -0.15) is 0 Å². The van der Waals surface area contributed by atoms with Crippen LogP contribution in [0, 0.1) is 5.92 Å². The number of carbonyl (C=O) groups excluding carboxylic acids is 1. The first-order chi connectivity index (χ1) is 10.3. The van der Waals surface area contributed by atoms with Crippen molar-refractivity contribution in [3.05, 3.63) is 28.8 Å². The average Bonchev–Trinajstić information content (AvgIpc) is 3.11. The molecule has 3 aliphatic heterocycles. The molecule has 0 radical (unpaired) electrons. The van der Waals surface area contributed by atoms with Gasteiger partial charge in [-0.15, -0.1) is 0 Å². The lowest BCUT2D eigenvalue weighted by molar-refractivity contribution is -0.121. The summed E-state index contributed by atoms with van der Waals surface area (Å²) in [5.74, 6) is 0.467. The SMILES string of the molecule is O=C(C1NNC2CCNCC21)N1CCc2c(Cl)cccc21. The van der Waals surface area contributed by atoms with Crippen LogP contribution in [-0.2, 0) is 11.2 Å². The van der Waals surface area contributed by atoms with Crippen molar-refractivity contribution in [1.29, 1.82) is 0 Å². The molecule has 3 heterocycles. The summed E-state index contributed by atoms with van der Waals surface area (Å²) in [5, 5.41) is 4.15. The van der Waals surface area contributed by atoms with Crippen LogP contribution in [0.1, 0.15) is 12.0 Å². The predicted octanol–water partition coefficient (Wildman–Crippen LogP) is 0.684. The Morgan fingerprint density at radius 1 is 1.33 bits per heavy atom. The number of nitrogens with one attached hydrogen (secondary N) is 3. The summed E-state index contributed by atoms with van der Waals surface area (Å²) in [7, 11) is 0. The van der Waals surface area contributed by atoms with Crippen molar-refractivity contribution in [2.24, 2.45) is 5.92 Å². The van der Waals surface area contributed by atoms with Gasteiger partial charge in [-0.25, -0.2) is 5.43 Å². The zero-order chi connectivity index (χ0) is 14.4. The topological polar surface area (TPSA) is 56.4 Å². The van der Waals surface area contributed by atoms with Crippen LogP contribution >= 0.6 is 11.6 Å². The van der Waals surface area contributed by atoms with E-state index < -0.39 is 0 Å². The van der Waals surface area contributed by atoms with Gasteiger partial charge >= 0.3 is 0 Å². The maximum Gasteiger partial charge on any atom is 0.245 e. The molecular formula is C15H19ClN4O. The van der Waals surface area contributed by atoms with Gasteiger partial charge in [0.2, 0.25) is 5.91 Å². The van der Waals surface area contributed by atoms with Crippen LogP contribution in [0.15, 0.2) is 18.2 Å². The van der Waals surface area contributed by atoms with Crippen LogP contribution < -0.4 is 21.1 Å². The van der Waals surface area contributed by atoms with Gasteiger partial charge in [0.25, 0.3) is 0 Å². The third-order valence-corrected chi connectivity index (χ3v) is 5.24. The Labute approximate surface area is 129 Å². The molecule has 3 unspecified atom stereocenters. The maximum absolute atomic E-state index is 12.9. The molecule has 5 nitrogen and oxygen atoms in total. The van der Waals surface area contributed by atoms with Gasteiger partial charge < -0.3 is 10.2 Å². The van der Waals surface area contributed by atoms with Crippen molar-refractivity contribution in [3.8, 4) is 0 Å². The number of carbonyl (C=O) groups is 1. The fourth-order valence-electron chi connectivity index (χ4n) is 3.75. The number of piperidine rings is 1. The van der Waals surface area contributed by atoms with Crippen molar-refractivity contribution in [3.63, 3.8) is 0 Å². The van der Waals surface area contributed by atoms with Gasteiger partial charge in [0.05, 0.1) is 0 Å². The summed E-state index contributed by atoms with van der Waals surface area (Å²) in [6.45, 7) is 2.62. The Morgan fingerprint density at radius 3 is 3.14 bits per heavy atom. The van der Waals surface area contributed by atoms with E-state index in [1.807, 2.05) is 23.1 Å². The molecule has 3 aliphatic rings. The van der Waals surface area contributed by atoms with Gasteiger partial charge in [0.1, 0.15) is 6.04 Å². The molecule has 0 aliphatic carbocycles. The molecule has 4 rings (SSSR count). The monoisotopic (exact) mass is 306 g/mol. The minimum Gasteiger partial charge on any atom is -0.316 e. The fraction of sp³-hybridized carbons (Fsp3) is 0.533. The van der Waals surface area contributed by atoms with Gasteiger partial charge in [-0.1, -0.05) is 17.7 Å². The highest BCUT2D eigenvalue weighted by molar-refractivity contribution is 6.32. The number of anilines is 1. The zero-order valence-electron chi connectivity index (χ0n) is 11.7. The number of nitrogens with zero attached hydrogens (tertiary/aromatic N) is 1. The summed E-state index contributed by atoms with van der Waals surface area (Å²) >= 11 is 6.23. The number of hydrogen-bond donors (Lipinski definition) is 3. The Kier molecular flexibility index (Phi) is 3.38. The quantitative estimate of drug-likeness (QED) is 0.714. The first-order valence-electron chi connectivity index (χ1n) is 7.56. The molecular weight excluding hydrogens is 288 g/mol. The third-order valence-electron chi connectivity index (χ3n) is 4.88. The molecule has 1 aromatic carbocycles. The van der Waals surface area contributed by atoms with Crippen molar-refractivity contribution in [1.82, 2.24) is 16.2 Å². The number of hydrogen-bond acceptors (Lipinski definition) is 4. The van der Waals surface area contributed by atoms with Crippen LogP contribution in [0.25, 0.3) is 0 Å². The number of hydrazine groups is 1. The van der Waals surface area contributed by atoms with Crippen molar-refractivity contribution in [2.75, 3.05) is 24.5 Å². The Hall–Kier alpha value is -1.14. The van der Waals surface area contributed by atoms with E-state index in [1.165, 1.54) is 0 Å². The van der Waals surface area contributed by atoms with Crippen LogP contribution in [0.3, 0.4) is 0 Å². The lowest BCUT2D eigenvalue weighted by Crippen LogP contribution is -2.50. The molecule has 3 N–H and O–H groups in total. The van der Waals surface area contributed by atoms with Crippen LogP contribution in [0.4, 0.5) is 5.69 Å². The highest BCUT2D eigenvalue weighted by Crippen LogP contribution is 2.34. The number of halogens is 1. The van der Waals surface area contributed by atoms with E-state index in [0.29, 0.717) is 12.0 Å². The Morgan fingerprint density at radius 2 is 2.24 bits per heavy atom. The van der Waals surface area contributed by atoms with E-state index in [-0.39, 0.29) is 11.9 Å². The average molecular weight is 307 g/mol. The molecule has 112 valence electrons. The van der Waals surface area contributed by atoms with E-state index in [2.05, 4.69) is 16.2 Å². The standard InChI is InChI=1S/C15H19ClN4O/c16-11-2-1-3-13-9(11)5-7-20(13)15(21)14-10-8-17-6-4-12(10)18-19-14/h1-3,10,12,14,17-19H,4-8H2. The van der Waals surface area contributed by atoms with Crippen LogP contribution in [0.5, 0.6) is 0 Å². The maximum atomic E-state index is 12.9. The van der Waals surface area contributed by atoms with E-state index in [4.69, 9.17) is 11.6 Å². The summed E-state index contributed by atoms with van der Waals surface area (Å²) in [5.41, 5.74) is 8.56. The number of rotatable bonds is 1. The summed E-state index contributed by atoms with van der Waals surface area (Å²) in [6.07, 6.45) is 1.90. The summed E-state index contributed by atoms with van der Waals surface area (Å²) < 4.78 is 0. The lowest BCUT2D eigenvalue weighted by atomic mass is 9.89. The van der Waals surface area contributed by atoms with Crippen molar-refractivity contribution in [2.45, 2.75) is 24.9 Å². The van der Waals surface area contributed by atoms with E-state index in [1.54, 1.807) is 0 Å². The second kappa shape index (κ2) is 5.25. The Bertz CT molecular complexity index is 579. The smallest absolute Gasteiger partial charge is 0.245 e. The third kappa shape index (κ3) is 2.16. The van der Waals surface area contributed by atoms with Crippen molar-refractivity contribution < 1.29 is 4.79 Å². The normalized spacial score (nSPS) is 31.1. The molecule has 0 aromatic heterocycles. The Balaban J connectivity index is 1.58. The molecule has 6 heteroatoms.